The lowest BCUT2D eigenvalue weighted by Gasteiger charge is -2.26. The van der Waals surface area contributed by atoms with Crippen molar-refractivity contribution in [3.63, 3.8) is 0 Å². The van der Waals surface area contributed by atoms with Crippen LogP contribution in [0, 0.1) is 6.92 Å². The van der Waals surface area contributed by atoms with E-state index in [2.05, 4.69) is 46.8 Å². The van der Waals surface area contributed by atoms with Gasteiger partial charge in [0.2, 0.25) is 0 Å². The first kappa shape index (κ1) is 21.9. The topological polar surface area (TPSA) is 36.9 Å². The van der Waals surface area contributed by atoms with Crippen molar-refractivity contribution in [3.8, 4) is 5.75 Å². The van der Waals surface area contributed by atoms with Crippen LogP contribution in [-0.2, 0) is 14.2 Å². The van der Waals surface area contributed by atoms with Gasteiger partial charge < -0.3 is 18.9 Å². The molecular formula is C21H36O4. The van der Waals surface area contributed by atoms with E-state index in [1.54, 1.807) is 0 Å². The summed E-state index contributed by atoms with van der Waals surface area (Å²) in [6, 6.07) is 8.13. The van der Waals surface area contributed by atoms with Crippen LogP contribution < -0.4 is 4.74 Å². The van der Waals surface area contributed by atoms with Crippen molar-refractivity contribution in [2.24, 2.45) is 0 Å². The number of aryl methyl sites for hydroxylation is 1. The Morgan fingerprint density at radius 1 is 0.960 bits per heavy atom. The quantitative estimate of drug-likeness (QED) is 0.452. The van der Waals surface area contributed by atoms with Gasteiger partial charge in [0.15, 0.2) is 0 Å². The van der Waals surface area contributed by atoms with Crippen molar-refractivity contribution >= 4 is 0 Å². The molecule has 0 amide bonds. The largest absolute Gasteiger partial charge is 0.493 e. The zero-order chi connectivity index (χ0) is 18.5. The summed E-state index contributed by atoms with van der Waals surface area (Å²) in [5, 5.41) is 0. The van der Waals surface area contributed by atoms with Gasteiger partial charge in [-0.25, -0.2) is 0 Å². The molecule has 0 radical (unpaired) electrons. The monoisotopic (exact) mass is 352 g/mol. The van der Waals surface area contributed by atoms with E-state index in [-0.39, 0.29) is 11.7 Å². The maximum Gasteiger partial charge on any atom is 0.119 e. The molecule has 0 saturated carbocycles. The highest BCUT2D eigenvalue weighted by atomic mass is 16.5. The SMILES string of the molecule is CCCOCCOC(C)(C)CCOC(C)CCOc1ccc(C)cc1. The molecular weight excluding hydrogens is 316 g/mol. The zero-order valence-electron chi connectivity index (χ0n) is 16.7. The highest BCUT2D eigenvalue weighted by molar-refractivity contribution is 5.26. The van der Waals surface area contributed by atoms with Gasteiger partial charge in [-0.2, -0.15) is 0 Å². The summed E-state index contributed by atoms with van der Waals surface area (Å²) in [7, 11) is 0. The van der Waals surface area contributed by atoms with Gasteiger partial charge in [-0.15, -0.1) is 0 Å². The Bertz CT molecular complexity index is 442. The molecule has 0 heterocycles. The fourth-order valence-corrected chi connectivity index (χ4v) is 2.26. The van der Waals surface area contributed by atoms with E-state index in [9.17, 15) is 0 Å². The van der Waals surface area contributed by atoms with Crippen LogP contribution in [-0.4, -0.2) is 44.7 Å². The van der Waals surface area contributed by atoms with E-state index in [0.29, 0.717) is 26.4 Å². The standard InChI is InChI=1S/C21H36O4/c1-6-13-22-16-17-25-21(4,5)12-15-23-19(3)11-14-24-20-9-7-18(2)8-10-20/h7-10,19H,6,11-17H2,1-5H3. The lowest BCUT2D eigenvalue weighted by Crippen LogP contribution is -2.29. The summed E-state index contributed by atoms with van der Waals surface area (Å²) in [6.45, 7) is 13.9. The van der Waals surface area contributed by atoms with Crippen molar-refractivity contribution < 1.29 is 18.9 Å². The van der Waals surface area contributed by atoms with Crippen LogP contribution in [0.1, 0.15) is 52.5 Å². The van der Waals surface area contributed by atoms with Gasteiger partial charge in [0.05, 0.1) is 31.5 Å². The van der Waals surface area contributed by atoms with Crippen LogP contribution in [0.4, 0.5) is 0 Å². The average Bonchev–Trinajstić information content (AvgIpc) is 2.56. The predicted octanol–water partition coefficient (Wildman–Crippen LogP) is 4.78. The molecule has 1 atom stereocenters. The van der Waals surface area contributed by atoms with Gasteiger partial charge in [0.1, 0.15) is 5.75 Å². The Hall–Kier alpha value is -1.10. The highest BCUT2D eigenvalue weighted by Crippen LogP contribution is 2.16. The van der Waals surface area contributed by atoms with E-state index in [4.69, 9.17) is 18.9 Å². The third kappa shape index (κ3) is 11.2. The second-order valence-electron chi connectivity index (χ2n) is 7.10. The van der Waals surface area contributed by atoms with E-state index in [1.807, 2.05) is 12.1 Å². The van der Waals surface area contributed by atoms with Gasteiger partial charge >= 0.3 is 0 Å². The van der Waals surface area contributed by atoms with Crippen LogP contribution >= 0.6 is 0 Å². The number of rotatable bonds is 14. The molecule has 0 spiro atoms. The molecule has 0 fully saturated rings. The first-order valence-electron chi connectivity index (χ1n) is 9.45. The zero-order valence-corrected chi connectivity index (χ0v) is 16.7. The molecule has 1 aromatic rings. The second-order valence-corrected chi connectivity index (χ2v) is 7.10. The molecule has 0 N–H and O–H groups in total. The summed E-state index contributed by atoms with van der Waals surface area (Å²) >= 11 is 0. The van der Waals surface area contributed by atoms with Gasteiger partial charge in [-0.3, -0.25) is 0 Å². The first-order valence-corrected chi connectivity index (χ1v) is 9.45. The third-order valence-corrected chi connectivity index (χ3v) is 3.99. The fraction of sp³-hybridized carbons (Fsp3) is 0.714. The van der Waals surface area contributed by atoms with E-state index in [0.717, 1.165) is 31.6 Å². The number of benzene rings is 1. The van der Waals surface area contributed by atoms with E-state index >= 15 is 0 Å². The van der Waals surface area contributed by atoms with Crippen LogP contribution in [0.2, 0.25) is 0 Å². The number of ether oxygens (including phenoxy) is 4. The summed E-state index contributed by atoms with van der Waals surface area (Å²) in [6.07, 6.45) is 2.96. The molecule has 0 aliphatic rings. The minimum absolute atomic E-state index is 0.175. The normalized spacial score (nSPS) is 13.0. The molecule has 0 saturated heterocycles. The number of hydrogen-bond acceptors (Lipinski definition) is 4. The smallest absolute Gasteiger partial charge is 0.119 e. The molecule has 144 valence electrons. The van der Waals surface area contributed by atoms with Crippen molar-refractivity contribution in [1.82, 2.24) is 0 Å². The molecule has 25 heavy (non-hydrogen) atoms. The third-order valence-electron chi connectivity index (χ3n) is 3.99. The Kier molecular flexibility index (Phi) is 10.8. The maximum atomic E-state index is 5.89. The first-order chi connectivity index (χ1) is 11.9. The van der Waals surface area contributed by atoms with Gasteiger partial charge in [-0.1, -0.05) is 24.6 Å². The lowest BCUT2D eigenvalue weighted by atomic mass is 10.1. The van der Waals surface area contributed by atoms with Gasteiger partial charge in [0, 0.05) is 19.6 Å². The molecule has 0 aliphatic heterocycles. The van der Waals surface area contributed by atoms with E-state index in [1.165, 1.54) is 5.56 Å². The molecule has 0 aliphatic carbocycles. The molecule has 4 nitrogen and oxygen atoms in total. The molecule has 1 rings (SSSR count). The fourth-order valence-electron chi connectivity index (χ4n) is 2.26. The Labute approximate surface area is 153 Å². The Balaban J connectivity index is 2.08. The second kappa shape index (κ2) is 12.3. The average molecular weight is 353 g/mol. The molecule has 1 unspecified atom stereocenters. The number of hydrogen-bond donors (Lipinski definition) is 0. The molecule has 0 aromatic heterocycles. The minimum atomic E-state index is -0.187. The van der Waals surface area contributed by atoms with Crippen LogP contribution in [0.25, 0.3) is 0 Å². The summed E-state index contributed by atoms with van der Waals surface area (Å²) in [4.78, 5) is 0. The Morgan fingerprint density at radius 3 is 2.36 bits per heavy atom. The lowest BCUT2D eigenvalue weighted by molar-refractivity contribution is -0.0683. The summed E-state index contributed by atoms with van der Waals surface area (Å²) < 4.78 is 22.9. The molecule has 1 aromatic carbocycles. The summed E-state index contributed by atoms with van der Waals surface area (Å²) in [5.74, 6) is 0.914. The molecule has 4 heteroatoms. The minimum Gasteiger partial charge on any atom is -0.493 e. The maximum absolute atomic E-state index is 5.89. The van der Waals surface area contributed by atoms with E-state index < -0.39 is 0 Å². The Morgan fingerprint density at radius 2 is 1.68 bits per heavy atom. The van der Waals surface area contributed by atoms with Crippen molar-refractivity contribution in [1.29, 1.82) is 0 Å². The predicted molar refractivity (Wildman–Crippen MR) is 102 cm³/mol. The van der Waals surface area contributed by atoms with Gasteiger partial charge in [0.25, 0.3) is 0 Å². The highest BCUT2D eigenvalue weighted by Gasteiger charge is 2.18. The molecule has 0 bridgehead atoms. The van der Waals surface area contributed by atoms with Crippen LogP contribution in [0.5, 0.6) is 5.75 Å². The summed E-state index contributed by atoms with van der Waals surface area (Å²) in [5.41, 5.74) is 1.05. The van der Waals surface area contributed by atoms with Crippen molar-refractivity contribution in [3.05, 3.63) is 29.8 Å². The van der Waals surface area contributed by atoms with Crippen LogP contribution in [0.15, 0.2) is 24.3 Å². The van der Waals surface area contributed by atoms with Gasteiger partial charge in [-0.05, 0) is 52.7 Å². The van der Waals surface area contributed by atoms with Crippen molar-refractivity contribution in [2.75, 3.05) is 33.0 Å². The van der Waals surface area contributed by atoms with Crippen LogP contribution in [0.3, 0.4) is 0 Å². The van der Waals surface area contributed by atoms with Crippen molar-refractivity contribution in [2.45, 2.75) is 65.6 Å².